The van der Waals surface area contributed by atoms with Gasteiger partial charge in [0.2, 0.25) is 5.91 Å². The standard InChI is InChI=1S/C14H16BrNO3S2/c15-13-5-3-12(20-13)4-6-14(17)16(10-1-2-10)11-7-8-21(18,19)9-11/h3-6,10-11H,1-2,7-9H2/b6-4+. The summed E-state index contributed by atoms with van der Waals surface area (Å²) in [5.41, 5.74) is 0. The Morgan fingerprint density at radius 2 is 2.05 bits per heavy atom. The van der Waals surface area contributed by atoms with Crippen LogP contribution in [0.5, 0.6) is 0 Å². The molecule has 3 rings (SSSR count). The first kappa shape index (κ1) is 15.2. The molecule has 21 heavy (non-hydrogen) atoms. The summed E-state index contributed by atoms with van der Waals surface area (Å²) in [4.78, 5) is 15.2. The van der Waals surface area contributed by atoms with Crippen molar-refractivity contribution in [1.29, 1.82) is 0 Å². The Hall–Kier alpha value is -0.660. The van der Waals surface area contributed by atoms with E-state index in [4.69, 9.17) is 0 Å². The van der Waals surface area contributed by atoms with Crippen molar-refractivity contribution in [3.8, 4) is 0 Å². The van der Waals surface area contributed by atoms with Gasteiger partial charge in [0.05, 0.1) is 15.3 Å². The highest BCUT2D eigenvalue weighted by Gasteiger charge is 2.41. The molecule has 2 fully saturated rings. The Labute approximate surface area is 136 Å². The van der Waals surface area contributed by atoms with Gasteiger partial charge in [0.15, 0.2) is 9.84 Å². The van der Waals surface area contributed by atoms with Crippen LogP contribution in [-0.2, 0) is 14.6 Å². The van der Waals surface area contributed by atoms with E-state index in [9.17, 15) is 13.2 Å². The lowest BCUT2D eigenvalue weighted by molar-refractivity contribution is -0.128. The minimum Gasteiger partial charge on any atom is -0.332 e. The van der Waals surface area contributed by atoms with Crippen LogP contribution in [0.15, 0.2) is 22.0 Å². The van der Waals surface area contributed by atoms with E-state index in [2.05, 4.69) is 15.9 Å². The number of amides is 1. The molecule has 1 atom stereocenters. The van der Waals surface area contributed by atoms with Crippen molar-refractivity contribution in [1.82, 2.24) is 4.90 Å². The van der Waals surface area contributed by atoms with Gasteiger partial charge in [-0.1, -0.05) is 0 Å². The molecule has 1 unspecified atom stereocenters. The fourth-order valence-corrected chi connectivity index (χ4v) is 5.70. The molecule has 0 spiro atoms. The first-order valence-corrected chi connectivity index (χ1v) is 10.3. The quantitative estimate of drug-likeness (QED) is 0.743. The maximum absolute atomic E-state index is 12.4. The normalized spacial score (nSPS) is 24.5. The Morgan fingerprint density at radius 1 is 1.29 bits per heavy atom. The van der Waals surface area contributed by atoms with Gasteiger partial charge in [-0.05, 0) is 53.4 Å². The predicted molar refractivity (Wildman–Crippen MR) is 88.0 cm³/mol. The van der Waals surface area contributed by atoms with E-state index in [-0.39, 0.29) is 29.5 Å². The van der Waals surface area contributed by atoms with Gasteiger partial charge in [0.25, 0.3) is 0 Å². The zero-order chi connectivity index (χ0) is 15.0. The van der Waals surface area contributed by atoms with Crippen LogP contribution in [0, 0.1) is 0 Å². The highest BCUT2D eigenvalue weighted by molar-refractivity contribution is 9.11. The molecule has 2 heterocycles. The Balaban J connectivity index is 1.72. The highest BCUT2D eigenvalue weighted by atomic mass is 79.9. The van der Waals surface area contributed by atoms with Crippen molar-refractivity contribution in [2.75, 3.05) is 11.5 Å². The summed E-state index contributed by atoms with van der Waals surface area (Å²) in [6.07, 6.45) is 5.92. The molecule has 1 aromatic rings. The monoisotopic (exact) mass is 389 g/mol. The van der Waals surface area contributed by atoms with Gasteiger partial charge in [-0.15, -0.1) is 11.3 Å². The minimum atomic E-state index is -2.97. The molecule has 7 heteroatoms. The third kappa shape index (κ3) is 3.76. The lowest BCUT2D eigenvalue weighted by Crippen LogP contribution is -2.41. The molecule has 1 aliphatic carbocycles. The molecule has 114 valence electrons. The fraction of sp³-hybridized carbons (Fsp3) is 0.500. The van der Waals surface area contributed by atoms with Crippen LogP contribution >= 0.6 is 27.3 Å². The fourth-order valence-electron chi connectivity index (χ4n) is 2.66. The summed E-state index contributed by atoms with van der Waals surface area (Å²) in [5.74, 6) is 0.257. The van der Waals surface area contributed by atoms with Crippen molar-refractivity contribution in [3.05, 3.63) is 26.9 Å². The van der Waals surface area contributed by atoms with E-state index < -0.39 is 9.84 Å². The average molecular weight is 390 g/mol. The number of halogens is 1. The predicted octanol–water partition coefficient (Wildman–Crippen LogP) is 2.70. The van der Waals surface area contributed by atoms with Gasteiger partial charge in [-0.3, -0.25) is 4.79 Å². The van der Waals surface area contributed by atoms with Gasteiger partial charge in [-0.2, -0.15) is 0 Å². The summed E-state index contributed by atoms with van der Waals surface area (Å²) in [5, 5.41) is 0. The zero-order valence-corrected chi connectivity index (χ0v) is 14.6. The molecule has 1 saturated heterocycles. The van der Waals surface area contributed by atoms with Gasteiger partial charge in [-0.25, -0.2) is 8.42 Å². The SMILES string of the molecule is O=C(/C=C/c1ccc(Br)s1)N(C1CC1)C1CCS(=O)(=O)C1. The number of carbonyl (C=O) groups is 1. The summed E-state index contributed by atoms with van der Waals surface area (Å²) < 4.78 is 24.3. The molecule has 0 aromatic carbocycles. The van der Waals surface area contributed by atoms with Gasteiger partial charge < -0.3 is 4.90 Å². The first-order chi connectivity index (χ1) is 9.94. The van der Waals surface area contributed by atoms with Crippen LogP contribution in [-0.4, -0.2) is 42.8 Å². The maximum Gasteiger partial charge on any atom is 0.247 e. The van der Waals surface area contributed by atoms with Crippen molar-refractivity contribution in [2.24, 2.45) is 0 Å². The molecule has 1 aromatic heterocycles. The molecular weight excluding hydrogens is 374 g/mol. The summed E-state index contributed by atoms with van der Waals surface area (Å²) >= 11 is 4.95. The smallest absolute Gasteiger partial charge is 0.247 e. The molecule has 1 amide bonds. The first-order valence-electron chi connectivity index (χ1n) is 6.91. The molecule has 0 N–H and O–H groups in total. The molecule has 1 aliphatic heterocycles. The number of rotatable bonds is 4. The Bertz CT molecular complexity index is 676. The number of hydrogen-bond acceptors (Lipinski definition) is 4. The van der Waals surface area contributed by atoms with E-state index in [0.717, 1.165) is 21.5 Å². The number of sulfone groups is 1. The maximum atomic E-state index is 12.4. The molecule has 4 nitrogen and oxygen atoms in total. The largest absolute Gasteiger partial charge is 0.332 e. The number of thiophene rings is 1. The third-order valence-corrected chi connectivity index (χ3v) is 7.12. The number of nitrogens with zero attached hydrogens (tertiary/aromatic N) is 1. The summed E-state index contributed by atoms with van der Waals surface area (Å²) in [6, 6.07) is 3.97. The van der Waals surface area contributed by atoms with Crippen molar-refractivity contribution >= 4 is 49.1 Å². The molecule has 0 radical (unpaired) electrons. The average Bonchev–Trinajstić information content (AvgIpc) is 3.05. The third-order valence-electron chi connectivity index (χ3n) is 3.78. The summed E-state index contributed by atoms with van der Waals surface area (Å²) in [7, 11) is -2.97. The van der Waals surface area contributed by atoms with E-state index in [1.165, 1.54) is 0 Å². The lowest BCUT2D eigenvalue weighted by Gasteiger charge is -2.27. The van der Waals surface area contributed by atoms with Crippen LogP contribution in [0.1, 0.15) is 24.1 Å². The second-order valence-corrected chi connectivity index (χ2v) is 10.2. The van der Waals surface area contributed by atoms with E-state index in [1.807, 2.05) is 12.1 Å². The molecule has 1 saturated carbocycles. The lowest BCUT2D eigenvalue weighted by atomic mass is 10.2. The van der Waals surface area contributed by atoms with E-state index in [1.54, 1.807) is 28.4 Å². The Morgan fingerprint density at radius 3 is 2.57 bits per heavy atom. The minimum absolute atomic E-state index is 0.0656. The summed E-state index contributed by atoms with van der Waals surface area (Å²) in [6.45, 7) is 0. The second-order valence-electron chi connectivity index (χ2n) is 5.51. The van der Waals surface area contributed by atoms with Gasteiger partial charge in [0.1, 0.15) is 0 Å². The van der Waals surface area contributed by atoms with Crippen LogP contribution in [0.4, 0.5) is 0 Å². The zero-order valence-electron chi connectivity index (χ0n) is 11.4. The number of hydrogen-bond donors (Lipinski definition) is 0. The van der Waals surface area contributed by atoms with E-state index in [0.29, 0.717) is 6.42 Å². The molecule has 0 bridgehead atoms. The van der Waals surface area contributed by atoms with E-state index >= 15 is 0 Å². The second kappa shape index (κ2) is 5.85. The Kier molecular flexibility index (Phi) is 4.25. The van der Waals surface area contributed by atoms with Crippen LogP contribution in [0.25, 0.3) is 6.08 Å². The van der Waals surface area contributed by atoms with Gasteiger partial charge >= 0.3 is 0 Å². The molecule has 2 aliphatic rings. The molecular formula is C14H16BrNO3S2. The highest BCUT2D eigenvalue weighted by Crippen LogP contribution is 2.32. The van der Waals surface area contributed by atoms with Crippen LogP contribution in [0.3, 0.4) is 0 Å². The van der Waals surface area contributed by atoms with Crippen LogP contribution < -0.4 is 0 Å². The van der Waals surface area contributed by atoms with Gasteiger partial charge in [0, 0.05) is 23.0 Å². The number of carbonyl (C=O) groups excluding carboxylic acids is 1. The topological polar surface area (TPSA) is 54.5 Å². The van der Waals surface area contributed by atoms with Crippen molar-refractivity contribution in [2.45, 2.75) is 31.3 Å². The van der Waals surface area contributed by atoms with Crippen LogP contribution in [0.2, 0.25) is 0 Å². The van der Waals surface area contributed by atoms with Crippen molar-refractivity contribution in [3.63, 3.8) is 0 Å². The van der Waals surface area contributed by atoms with Crippen molar-refractivity contribution < 1.29 is 13.2 Å².